The summed E-state index contributed by atoms with van der Waals surface area (Å²) in [4.78, 5) is 4.77. The summed E-state index contributed by atoms with van der Waals surface area (Å²) in [6.07, 6.45) is 9.36. The largest absolute Gasteiger partial charge is 0.463 e. The van der Waals surface area contributed by atoms with Crippen molar-refractivity contribution in [3.63, 3.8) is 0 Å². The second-order valence-corrected chi connectivity index (χ2v) is 6.07. The number of anilines is 1. The van der Waals surface area contributed by atoms with Gasteiger partial charge in [-0.15, -0.1) is 0 Å². The highest BCUT2D eigenvalue weighted by atomic mass is 16.3. The van der Waals surface area contributed by atoms with Gasteiger partial charge in [-0.2, -0.15) is 5.26 Å². The highest BCUT2D eigenvalue weighted by molar-refractivity contribution is 5.69. The van der Waals surface area contributed by atoms with E-state index < -0.39 is 0 Å². The Hall–Kier alpha value is -2.28. The van der Waals surface area contributed by atoms with E-state index in [2.05, 4.69) is 18.3 Å². The summed E-state index contributed by atoms with van der Waals surface area (Å²) < 4.78 is 5.58. The first-order valence-corrected chi connectivity index (χ1v) is 8.58. The molecule has 2 heterocycles. The van der Waals surface area contributed by atoms with Gasteiger partial charge in [-0.1, -0.05) is 19.8 Å². The number of unbranched alkanes of at least 4 members (excludes halogenated alkanes) is 2. The summed E-state index contributed by atoms with van der Waals surface area (Å²) in [5, 5.41) is 13.0. The summed E-state index contributed by atoms with van der Waals surface area (Å²) in [6, 6.07) is 6.22. The number of nitriles is 1. The normalized spacial score (nSPS) is 13.4. The van der Waals surface area contributed by atoms with Gasteiger partial charge >= 0.3 is 0 Å². The standard InChI is InChI=1S/C19H23N3O/c1-2-3-6-11-21-19-16(13-20)14-8-4-5-9-15(14)18(22-19)17-10-7-12-23-17/h7,10,12H,2-6,8-9,11H2,1H3,(H,21,22). The van der Waals surface area contributed by atoms with E-state index in [1.54, 1.807) is 6.26 Å². The van der Waals surface area contributed by atoms with Crippen LogP contribution in [0.1, 0.15) is 55.7 Å². The predicted molar refractivity (Wildman–Crippen MR) is 91.3 cm³/mol. The molecule has 0 aliphatic heterocycles. The van der Waals surface area contributed by atoms with E-state index in [4.69, 9.17) is 9.40 Å². The summed E-state index contributed by atoms with van der Waals surface area (Å²) >= 11 is 0. The number of rotatable bonds is 6. The molecule has 2 aromatic rings. The molecule has 23 heavy (non-hydrogen) atoms. The molecule has 2 aromatic heterocycles. The summed E-state index contributed by atoms with van der Waals surface area (Å²) in [6.45, 7) is 3.04. The van der Waals surface area contributed by atoms with Gasteiger partial charge in [0.05, 0.1) is 11.8 Å². The second kappa shape index (κ2) is 7.32. The third kappa shape index (κ3) is 3.24. The Morgan fingerprint density at radius 2 is 2.09 bits per heavy atom. The van der Waals surface area contributed by atoms with Crippen molar-refractivity contribution in [2.24, 2.45) is 0 Å². The topological polar surface area (TPSA) is 61.9 Å². The summed E-state index contributed by atoms with van der Waals surface area (Å²) in [5.74, 6) is 1.51. The van der Waals surface area contributed by atoms with E-state index in [9.17, 15) is 5.26 Å². The molecule has 0 fully saturated rings. The number of furan rings is 1. The molecule has 0 aromatic carbocycles. The fourth-order valence-corrected chi connectivity index (χ4v) is 3.27. The quantitative estimate of drug-likeness (QED) is 0.786. The maximum Gasteiger partial charge on any atom is 0.152 e. The van der Waals surface area contributed by atoms with Crippen LogP contribution in [0.5, 0.6) is 0 Å². The van der Waals surface area contributed by atoms with Gasteiger partial charge < -0.3 is 9.73 Å². The Balaban J connectivity index is 2.01. The highest BCUT2D eigenvalue weighted by Crippen LogP contribution is 2.35. The van der Waals surface area contributed by atoms with Crippen LogP contribution in [0.4, 0.5) is 5.82 Å². The minimum Gasteiger partial charge on any atom is -0.463 e. The number of hydrogen-bond acceptors (Lipinski definition) is 4. The van der Waals surface area contributed by atoms with E-state index in [0.717, 1.165) is 67.0 Å². The molecule has 1 N–H and O–H groups in total. The maximum atomic E-state index is 9.65. The SMILES string of the molecule is CCCCCNc1nc(-c2ccco2)c2c(c1C#N)CCCC2. The molecular formula is C19H23N3O. The molecule has 0 radical (unpaired) electrons. The lowest BCUT2D eigenvalue weighted by atomic mass is 9.87. The van der Waals surface area contributed by atoms with Crippen LogP contribution in [-0.2, 0) is 12.8 Å². The third-order valence-corrected chi connectivity index (χ3v) is 4.46. The van der Waals surface area contributed by atoms with Crippen molar-refractivity contribution in [2.45, 2.75) is 51.9 Å². The number of nitrogens with one attached hydrogen (secondary N) is 1. The minimum atomic E-state index is 0.718. The number of pyridine rings is 1. The Morgan fingerprint density at radius 3 is 2.78 bits per heavy atom. The van der Waals surface area contributed by atoms with Gasteiger partial charge in [0.1, 0.15) is 17.6 Å². The molecule has 0 saturated heterocycles. The second-order valence-electron chi connectivity index (χ2n) is 6.07. The smallest absolute Gasteiger partial charge is 0.152 e. The number of fused-ring (bicyclic) bond motifs is 1. The van der Waals surface area contributed by atoms with Crippen LogP contribution in [0.25, 0.3) is 11.5 Å². The van der Waals surface area contributed by atoms with Crippen molar-refractivity contribution in [3.05, 3.63) is 35.1 Å². The number of hydrogen-bond donors (Lipinski definition) is 1. The van der Waals surface area contributed by atoms with E-state index in [1.807, 2.05) is 12.1 Å². The molecule has 0 atom stereocenters. The van der Waals surface area contributed by atoms with Crippen molar-refractivity contribution >= 4 is 5.82 Å². The average Bonchev–Trinajstić information content (AvgIpc) is 3.12. The Kier molecular flexibility index (Phi) is 4.97. The van der Waals surface area contributed by atoms with E-state index >= 15 is 0 Å². The van der Waals surface area contributed by atoms with Crippen LogP contribution in [0.2, 0.25) is 0 Å². The fraction of sp³-hybridized carbons (Fsp3) is 0.474. The van der Waals surface area contributed by atoms with Crippen LogP contribution >= 0.6 is 0 Å². The van der Waals surface area contributed by atoms with Gasteiger partial charge in [-0.3, -0.25) is 0 Å². The molecule has 3 rings (SSSR count). The lowest BCUT2D eigenvalue weighted by Gasteiger charge is -2.21. The first-order chi connectivity index (χ1) is 11.3. The van der Waals surface area contributed by atoms with Crippen molar-refractivity contribution in [1.29, 1.82) is 5.26 Å². The molecule has 0 spiro atoms. The average molecular weight is 309 g/mol. The number of aromatic nitrogens is 1. The first-order valence-electron chi connectivity index (χ1n) is 8.58. The zero-order valence-electron chi connectivity index (χ0n) is 13.7. The molecule has 4 heteroatoms. The monoisotopic (exact) mass is 309 g/mol. The summed E-state index contributed by atoms with van der Waals surface area (Å²) in [5.41, 5.74) is 3.99. The molecule has 4 nitrogen and oxygen atoms in total. The molecule has 120 valence electrons. The lowest BCUT2D eigenvalue weighted by molar-refractivity contribution is 0.577. The van der Waals surface area contributed by atoms with Crippen LogP contribution < -0.4 is 5.32 Å². The predicted octanol–water partition coefficient (Wildman–Crippen LogP) is 4.69. The highest BCUT2D eigenvalue weighted by Gasteiger charge is 2.23. The van der Waals surface area contributed by atoms with Gasteiger partial charge in [-0.05, 0) is 55.4 Å². The minimum absolute atomic E-state index is 0.718. The zero-order chi connectivity index (χ0) is 16.1. The molecule has 1 aliphatic carbocycles. The molecular weight excluding hydrogens is 286 g/mol. The number of nitrogens with zero attached hydrogens (tertiary/aromatic N) is 2. The van der Waals surface area contributed by atoms with E-state index in [0.29, 0.717) is 0 Å². The lowest BCUT2D eigenvalue weighted by Crippen LogP contribution is -2.13. The van der Waals surface area contributed by atoms with Gasteiger partial charge in [0.2, 0.25) is 0 Å². The van der Waals surface area contributed by atoms with Crippen molar-refractivity contribution in [1.82, 2.24) is 4.98 Å². The molecule has 0 bridgehead atoms. The molecule has 0 amide bonds. The van der Waals surface area contributed by atoms with Gasteiger partial charge in [0.15, 0.2) is 5.76 Å². The molecule has 1 aliphatic rings. The Morgan fingerprint density at radius 1 is 1.26 bits per heavy atom. The van der Waals surface area contributed by atoms with Crippen LogP contribution in [0.3, 0.4) is 0 Å². The van der Waals surface area contributed by atoms with Crippen LogP contribution in [0.15, 0.2) is 22.8 Å². The van der Waals surface area contributed by atoms with E-state index in [1.165, 1.54) is 18.4 Å². The molecule has 0 unspecified atom stereocenters. The van der Waals surface area contributed by atoms with Gasteiger partial charge in [0, 0.05) is 6.54 Å². The van der Waals surface area contributed by atoms with Crippen LogP contribution in [0, 0.1) is 11.3 Å². The Labute approximate surface area is 137 Å². The summed E-state index contributed by atoms with van der Waals surface area (Å²) in [7, 11) is 0. The Bertz CT molecular complexity index is 698. The van der Waals surface area contributed by atoms with Crippen LogP contribution in [-0.4, -0.2) is 11.5 Å². The first kappa shape index (κ1) is 15.6. The van der Waals surface area contributed by atoms with Crippen molar-refractivity contribution in [2.75, 3.05) is 11.9 Å². The zero-order valence-corrected chi connectivity index (χ0v) is 13.7. The van der Waals surface area contributed by atoms with Gasteiger partial charge in [0.25, 0.3) is 0 Å². The van der Waals surface area contributed by atoms with Gasteiger partial charge in [-0.25, -0.2) is 4.98 Å². The van der Waals surface area contributed by atoms with E-state index in [-0.39, 0.29) is 0 Å². The fourth-order valence-electron chi connectivity index (χ4n) is 3.27. The maximum absolute atomic E-state index is 9.65. The third-order valence-electron chi connectivity index (χ3n) is 4.46. The molecule has 0 saturated carbocycles. The van der Waals surface area contributed by atoms with Crippen molar-refractivity contribution < 1.29 is 4.42 Å². The van der Waals surface area contributed by atoms with Crippen molar-refractivity contribution in [3.8, 4) is 17.5 Å².